The summed E-state index contributed by atoms with van der Waals surface area (Å²) in [5, 5.41) is 6.65. The number of thiazole rings is 1. The molecule has 0 aliphatic carbocycles. The van der Waals surface area contributed by atoms with Crippen molar-refractivity contribution >= 4 is 11.3 Å². The molecule has 1 aromatic heterocycles. The van der Waals surface area contributed by atoms with Gasteiger partial charge in [0.1, 0.15) is 5.75 Å². The van der Waals surface area contributed by atoms with Crippen molar-refractivity contribution in [2.45, 2.75) is 46.2 Å². The second kappa shape index (κ2) is 8.15. The second-order valence-electron chi connectivity index (χ2n) is 5.36. The molecule has 0 aliphatic heterocycles. The lowest BCUT2D eigenvalue weighted by Gasteiger charge is -2.06. The van der Waals surface area contributed by atoms with Crippen LogP contribution in [0.4, 0.5) is 0 Å². The summed E-state index contributed by atoms with van der Waals surface area (Å²) >= 11 is 1.71. The van der Waals surface area contributed by atoms with Gasteiger partial charge in [0.15, 0.2) is 0 Å². The number of nitrogens with one attached hydrogen (secondary N) is 1. The third-order valence-electron chi connectivity index (χ3n) is 3.21. The van der Waals surface area contributed by atoms with Gasteiger partial charge in [-0.2, -0.15) is 0 Å². The number of aromatic nitrogens is 1. The van der Waals surface area contributed by atoms with Crippen LogP contribution in [0.1, 0.15) is 37.0 Å². The normalized spacial score (nSPS) is 11.0. The molecule has 0 atom stereocenters. The van der Waals surface area contributed by atoms with Crippen LogP contribution in [0.15, 0.2) is 29.6 Å². The van der Waals surface area contributed by atoms with Gasteiger partial charge < -0.3 is 10.1 Å². The maximum Gasteiger partial charge on any atom is 0.119 e. The van der Waals surface area contributed by atoms with Crippen LogP contribution in [0, 0.1) is 0 Å². The molecule has 0 saturated heterocycles. The second-order valence-corrected chi connectivity index (χ2v) is 6.31. The van der Waals surface area contributed by atoms with Gasteiger partial charge >= 0.3 is 0 Å². The van der Waals surface area contributed by atoms with Crippen LogP contribution in [0.3, 0.4) is 0 Å². The van der Waals surface area contributed by atoms with E-state index in [9.17, 15) is 0 Å². The molecule has 0 saturated carbocycles. The van der Waals surface area contributed by atoms with E-state index in [1.54, 1.807) is 11.3 Å². The zero-order valence-electron chi connectivity index (χ0n) is 13.1. The Morgan fingerprint density at radius 1 is 1.24 bits per heavy atom. The van der Waals surface area contributed by atoms with Crippen molar-refractivity contribution < 1.29 is 4.74 Å². The predicted octanol–water partition coefficient (Wildman–Crippen LogP) is 3.83. The Bertz CT molecular complexity index is 534. The van der Waals surface area contributed by atoms with Crippen molar-refractivity contribution in [2.75, 3.05) is 6.61 Å². The highest BCUT2D eigenvalue weighted by Crippen LogP contribution is 2.14. The minimum absolute atomic E-state index is 0.490. The Balaban J connectivity index is 1.75. The Morgan fingerprint density at radius 2 is 2.00 bits per heavy atom. The number of ether oxygens (including phenoxy) is 1. The Hall–Kier alpha value is -1.39. The van der Waals surface area contributed by atoms with Gasteiger partial charge in [-0.3, -0.25) is 0 Å². The zero-order chi connectivity index (χ0) is 15.1. The first-order chi connectivity index (χ1) is 10.2. The van der Waals surface area contributed by atoms with Crippen LogP contribution in [0.25, 0.3) is 0 Å². The third kappa shape index (κ3) is 5.48. The number of benzene rings is 1. The largest absolute Gasteiger partial charge is 0.493 e. The number of hydrogen-bond acceptors (Lipinski definition) is 4. The lowest BCUT2D eigenvalue weighted by Crippen LogP contribution is -2.21. The van der Waals surface area contributed by atoms with Crippen molar-refractivity contribution in [3.63, 3.8) is 0 Å². The smallest absolute Gasteiger partial charge is 0.119 e. The molecule has 0 radical (unpaired) electrons. The van der Waals surface area contributed by atoms with Gasteiger partial charge in [0.2, 0.25) is 0 Å². The Morgan fingerprint density at radius 3 is 2.67 bits per heavy atom. The summed E-state index contributed by atoms with van der Waals surface area (Å²) in [6.07, 6.45) is 1.93. The van der Waals surface area contributed by atoms with E-state index >= 15 is 0 Å². The number of rotatable bonds is 8. The molecule has 1 heterocycles. The van der Waals surface area contributed by atoms with Crippen molar-refractivity contribution in [3.05, 3.63) is 45.9 Å². The fraction of sp³-hybridized carbons (Fsp3) is 0.471. The van der Waals surface area contributed by atoms with Crippen LogP contribution >= 0.6 is 11.3 Å². The van der Waals surface area contributed by atoms with Gasteiger partial charge in [0, 0.05) is 24.4 Å². The summed E-state index contributed by atoms with van der Waals surface area (Å²) in [7, 11) is 0. The van der Waals surface area contributed by atoms with Crippen molar-refractivity contribution in [1.82, 2.24) is 10.3 Å². The number of aryl methyl sites for hydroxylation is 1. The van der Waals surface area contributed by atoms with Crippen molar-refractivity contribution in [3.8, 4) is 5.75 Å². The molecule has 2 rings (SSSR count). The van der Waals surface area contributed by atoms with E-state index in [1.165, 1.54) is 5.56 Å². The highest BCUT2D eigenvalue weighted by atomic mass is 32.1. The molecule has 3 nitrogen and oxygen atoms in total. The van der Waals surface area contributed by atoms with Crippen LogP contribution in [0.5, 0.6) is 5.75 Å². The van der Waals surface area contributed by atoms with E-state index in [4.69, 9.17) is 4.74 Å². The van der Waals surface area contributed by atoms with Gasteiger partial charge in [-0.15, -0.1) is 11.3 Å². The molecule has 0 bridgehead atoms. The average Bonchev–Trinajstić information content (AvgIpc) is 2.94. The van der Waals surface area contributed by atoms with Gasteiger partial charge in [0.05, 0.1) is 17.3 Å². The lowest BCUT2D eigenvalue weighted by molar-refractivity contribution is 0.321. The van der Waals surface area contributed by atoms with E-state index < -0.39 is 0 Å². The molecule has 114 valence electrons. The van der Waals surface area contributed by atoms with Crippen LogP contribution in [-0.4, -0.2) is 17.6 Å². The topological polar surface area (TPSA) is 34.1 Å². The fourth-order valence-electron chi connectivity index (χ4n) is 1.93. The van der Waals surface area contributed by atoms with Crippen molar-refractivity contribution in [1.29, 1.82) is 0 Å². The minimum Gasteiger partial charge on any atom is -0.493 e. The highest BCUT2D eigenvalue weighted by molar-refractivity contribution is 7.09. The first-order valence-electron chi connectivity index (χ1n) is 7.55. The number of nitrogens with zero attached hydrogens (tertiary/aromatic N) is 1. The van der Waals surface area contributed by atoms with E-state index in [1.807, 2.05) is 12.1 Å². The summed E-state index contributed by atoms with van der Waals surface area (Å²) in [6, 6.07) is 8.81. The van der Waals surface area contributed by atoms with Crippen molar-refractivity contribution in [2.24, 2.45) is 0 Å². The monoisotopic (exact) mass is 304 g/mol. The van der Waals surface area contributed by atoms with Gasteiger partial charge in [-0.25, -0.2) is 4.98 Å². The van der Waals surface area contributed by atoms with E-state index in [2.05, 4.69) is 48.6 Å². The molecule has 0 spiro atoms. The minimum atomic E-state index is 0.490. The summed E-state index contributed by atoms with van der Waals surface area (Å²) in [5.74, 6) is 0.936. The molecule has 21 heavy (non-hydrogen) atoms. The molecule has 0 amide bonds. The van der Waals surface area contributed by atoms with E-state index in [0.717, 1.165) is 35.8 Å². The maximum absolute atomic E-state index is 5.77. The molecule has 1 aromatic carbocycles. The Kier molecular flexibility index (Phi) is 6.21. The highest BCUT2D eigenvalue weighted by Gasteiger charge is 2.03. The maximum atomic E-state index is 5.77. The molecule has 4 heteroatoms. The summed E-state index contributed by atoms with van der Waals surface area (Å²) < 4.78 is 5.77. The summed E-state index contributed by atoms with van der Waals surface area (Å²) in [4.78, 5) is 4.62. The zero-order valence-corrected chi connectivity index (χ0v) is 13.9. The lowest BCUT2D eigenvalue weighted by atomic mass is 10.2. The van der Waals surface area contributed by atoms with E-state index in [-0.39, 0.29) is 0 Å². The molecular weight excluding hydrogens is 280 g/mol. The number of hydrogen-bond donors (Lipinski definition) is 1. The molecule has 0 fully saturated rings. The summed E-state index contributed by atoms with van der Waals surface area (Å²) in [6.45, 7) is 7.96. The summed E-state index contributed by atoms with van der Waals surface area (Å²) in [5.41, 5.74) is 2.46. The third-order valence-corrected chi connectivity index (χ3v) is 4.16. The molecule has 0 aliphatic rings. The van der Waals surface area contributed by atoms with Gasteiger partial charge in [-0.1, -0.05) is 32.9 Å². The molecular formula is C17H24N2OS. The molecule has 0 unspecified atom stereocenters. The molecule has 1 N–H and O–H groups in total. The Labute approximate surface area is 131 Å². The van der Waals surface area contributed by atoms with Crippen LogP contribution < -0.4 is 10.1 Å². The van der Waals surface area contributed by atoms with Crippen LogP contribution in [-0.2, 0) is 19.4 Å². The fourth-order valence-corrected chi connectivity index (χ4v) is 2.71. The van der Waals surface area contributed by atoms with E-state index in [0.29, 0.717) is 12.6 Å². The quantitative estimate of drug-likeness (QED) is 0.805. The standard InChI is InChI=1S/C17H24N2OS/c1-4-14-5-7-16(8-6-14)20-10-9-17-19-15(12-21-17)11-18-13(2)3/h5-8,12-13,18H,4,9-11H2,1-3H3. The SMILES string of the molecule is CCc1ccc(OCCc2nc(CNC(C)C)cs2)cc1. The molecule has 2 aromatic rings. The average molecular weight is 304 g/mol. The first-order valence-corrected chi connectivity index (χ1v) is 8.43. The van der Waals surface area contributed by atoms with Crippen LogP contribution in [0.2, 0.25) is 0 Å². The van der Waals surface area contributed by atoms with Gasteiger partial charge in [-0.05, 0) is 24.1 Å². The van der Waals surface area contributed by atoms with Gasteiger partial charge in [0.25, 0.3) is 0 Å². The first kappa shape index (κ1) is 16.0. The predicted molar refractivity (Wildman–Crippen MR) is 89.1 cm³/mol.